The van der Waals surface area contributed by atoms with Crippen molar-refractivity contribution in [2.24, 2.45) is 5.92 Å². The van der Waals surface area contributed by atoms with Crippen LogP contribution in [-0.2, 0) is 4.79 Å². The fraction of sp³-hybridized carbons (Fsp3) is 0.500. The average Bonchev–Trinajstić information content (AvgIpc) is 2.49. The van der Waals surface area contributed by atoms with Gasteiger partial charge in [0.05, 0.1) is 0 Å². The number of aliphatic hydroxyl groups excluding tert-OH is 1. The van der Waals surface area contributed by atoms with E-state index in [9.17, 15) is 9.59 Å². The third-order valence-corrected chi connectivity index (χ3v) is 3.39. The van der Waals surface area contributed by atoms with Crippen molar-refractivity contribution in [1.29, 1.82) is 0 Å². The van der Waals surface area contributed by atoms with Crippen LogP contribution in [0, 0.1) is 5.92 Å². The minimum Gasteiger partial charge on any atom is -0.396 e. The van der Waals surface area contributed by atoms with Gasteiger partial charge in [0.2, 0.25) is 5.91 Å². The smallest absolute Gasteiger partial charge is 0.251 e. The Balaban J connectivity index is 2.57. The largest absolute Gasteiger partial charge is 0.396 e. The first-order valence-electron chi connectivity index (χ1n) is 7.42. The van der Waals surface area contributed by atoms with Crippen LogP contribution in [0.3, 0.4) is 0 Å². The molecule has 5 nitrogen and oxygen atoms in total. The molecule has 0 spiro atoms. The van der Waals surface area contributed by atoms with Crippen LogP contribution in [-0.4, -0.2) is 30.1 Å². The lowest BCUT2D eigenvalue weighted by molar-refractivity contribution is -0.120. The lowest BCUT2D eigenvalue weighted by Crippen LogP contribution is -2.25. The third-order valence-electron chi connectivity index (χ3n) is 3.39. The van der Waals surface area contributed by atoms with Crippen molar-refractivity contribution < 1.29 is 14.7 Å². The summed E-state index contributed by atoms with van der Waals surface area (Å²) in [7, 11) is 0. The fourth-order valence-corrected chi connectivity index (χ4v) is 1.99. The van der Waals surface area contributed by atoms with Crippen LogP contribution in [0.1, 0.15) is 43.5 Å². The number of benzene rings is 1. The molecule has 1 aromatic carbocycles. The topological polar surface area (TPSA) is 78.4 Å². The lowest BCUT2D eigenvalue weighted by Gasteiger charge is -2.13. The summed E-state index contributed by atoms with van der Waals surface area (Å²) in [5.41, 5.74) is 1.23. The molecule has 21 heavy (non-hydrogen) atoms. The molecule has 3 N–H and O–H groups in total. The zero-order valence-electron chi connectivity index (χ0n) is 12.7. The zero-order chi connectivity index (χ0) is 15.7. The Morgan fingerprint density at radius 3 is 2.29 bits per heavy atom. The highest BCUT2D eigenvalue weighted by Gasteiger charge is 2.14. The van der Waals surface area contributed by atoms with Crippen LogP contribution in [0.4, 0.5) is 5.69 Å². The second kappa shape index (κ2) is 9.13. The SMILES string of the molecule is CCC(CC)C(=O)Nc1ccc(C(=O)NCCCO)cc1. The molecule has 0 bridgehead atoms. The molecule has 0 unspecified atom stereocenters. The highest BCUT2D eigenvalue weighted by Crippen LogP contribution is 2.14. The summed E-state index contributed by atoms with van der Waals surface area (Å²) in [5.74, 6) is -0.145. The first-order chi connectivity index (χ1) is 10.1. The molecule has 1 aromatic rings. The molecule has 2 amide bonds. The number of carbonyl (C=O) groups is 2. The molecule has 0 atom stereocenters. The van der Waals surface area contributed by atoms with Crippen molar-refractivity contribution in [3.8, 4) is 0 Å². The van der Waals surface area contributed by atoms with E-state index in [1.54, 1.807) is 24.3 Å². The molecule has 0 heterocycles. The summed E-state index contributed by atoms with van der Waals surface area (Å²) in [6.45, 7) is 4.49. The van der Waals surface area contributed by atoms with Gasteiger partial charge in [-0.05, 0) is 43.5 Å². The minimum absolute atomic E-state index is 0.0140. The molecule has 5 heteroatoms. The first kappa shape index (κ1) is 17.2. The van der Waals surface area contributed by atoms with Crippen molar-refractivity contribution in [1.82, 2.24) is 5.32 Å². The predicted molar refractivity (Wildman–Crippen MR) is 83.2 cm³/mol. The molecule has 0 radical (unpaired) electrons. The van der Waals surface area contributed by atoms with Gasteiger partial charge in [0.15, 0.2) is 0 Å². The van der Waals surface area contributed by atoms with Crippen LogP contribution in [0.2, 0.25) is 0 Å². The Morgan fingerprint density at radius 2 is 1.76 bits per heavy atom. The standard InChI is InChI=1S/C16H24N2O3/c1-3-12(4-2)16(21)18-14-8-6-13(7-9-14)15(20)17-10-5-11-19/h6-9,12,19H,3-5,10-11H2,1-2H3,(H,17,20)(H,18,21). The third kappa shape index (κ3) is 5.55. The molecule has 0 aromatic heterocycles. The maximum absolute atomic E-state index is 12.0. The number of nitrogens with one attached hydrogen (secondary N) is 2. The Labute approximate surface area is 125 Å². The van der Waals surface area contributed by atoms with Gasteiger partial charge >= 0.3 is 0 Å². The summed E-state index contributed by atoms with van der Waals surface area (Å²) >= 11 is 0. The normalized spacial score (nSPS) is 10.5. The summed E-state index contributed by atoms with van der Waals surface area (Å²) in [6.07, 6.45) is 2.16. The number of amides is 2. The van der Waals surface area contributed by atoms with Crippen LogP contribution < -0.4 is 10.6 Å². The van der Waals surface area contributed by atoms with E-state index in [2.05, 4.69) is 10.6 Å². The van der Waals surface area contributed by atoms with Gasteiger partial charge in [-0.3, -0.25) is 9.59 Å². The summed E-state index contributed by atoms with van der Waals surface area (Å²) in [4.78, 5) is 23.7. The molecule has 0 fully saturated rings. The first-order valence-corrected chi connectivity index (χ1v) is 7.42. The highest BCUT2D eigenvalue weighted by atomic mass is 16.3. The average molecular weight is 292 g/mol. The predicted octanol–water partition coefficient (Wildman–Crippen LogP) is 2.17. The van der Waals surface area contributed by atoms with Gasteiger partial charge in [0, 0.05) is 30.3 Å². The molecular weight excluding hydrogens is 268 g/mol. The number of rotatable bonds is 8. The summed E-state index contributed by atoms with van der Waals surface area (Å²) < 4.78 is 0. The number of carbonyl (C=O) groups excluding carboxylic acids is 2. The highest BCUT2D eigenvalue weighted by molar-refractivity contribution is 5.96. The van der Waals surface area contributed by atoms with Crippen molar-refractivity contribution in [2.45, 2.75) is 33.1 Å². The molecule has 1 rings (SSSR count). The summed E-state index contributed by atoms with van der Waals surface area (Å²) in [5, 5.41) is 14.2. The van der Waals surface area contributed by atoms with E-state index >= 15 is 0 Å². The molecule has 0 aliphatic heterocycles. The molecule has 0 aliphatic rings. The Kier molecular flexibility index (Phi) is 7.46. The van der Waals surface area contributed by atoms with Crippen LogP contribution >= 0.6 is 0 Å². The second-order valence-corrected chi connectivity index (χ2v) is 4.91. The second-order valence-electron chi connectivity index (χ2n) is 4.91. The fourth-order valence-electron chi connectivity index (χ4n) is 1.99. The number of hydrogen-bond acceptors (Lipinski definition) is 3. The van der Waals surface area contributed by atoms with Crippen molar-refractivity contribution in [3.63, 3.8) is 0 Å². The van der Waals surface area contributed by atoms with Gasteiger partial charge in [0.1, 0.15) is 0 Å². The number of anilines is 1. The maximum atomic E-state index is 12.0. The van der Waals surface area contributed by atoms with Crippen molar-refractivity contribution >= 4 is 17.5 Å². The Hall–Kier alpha value is -1.88. The molecule has 116 valence electrons. The number of aliphatic hydroxyl groups is 1. The van der Waals surface area contributed by atoms with E-state index in [-0.39, 0.29) is 24.3 Å². The monoisotopic (exact) mass is 292 g/mol. The molecule has 0 saturated heterocycles. The van der Waals surface area contributed by atoms with E-state index in [0.717, 1.165) is 12.8 Å². The maximum Gasteiger partial charge on any atom is 0.251 e. The van der Waals surface area contributed by atoms with Crippen molar-refractivity contribution in [2.75, 3.05) is 18.5 Å². The van der Waals surface area contributed by atoms with Gasteiger partial charge in [-0.15, -0.1) is 0 Å². The van der Waals surface area contributed by atoms with Gasteiger partial charge in [-0.2, -0.15) is 0 Å². The van der Waals surface area contributed by atoms with E-state index in [1.807, 2.05) is 13.8 Å². The Morgan fingerprint density at radius 1 is 1.14 bits per heavy atom. The number of hydrogen-bond donors (Lipinski definition) is 3. The quantitative estimate of drug-likeness (QED) is 0.643. The van der Waals surface area contributed by atoms with Crippen LogP contribution in [0.25, 0.3) is 0 Å². The van der Waals surface area contributed by atoms with Crippen LogP contribution in [0.5, 0.6) is 0 Å². The van der Waals surface area contributed by atoms with Gasteiger partial charge in [-0.1, -0.05) is 13.8 Å². The van der Waals surface area contributed by atoms with Gasteiger partial charge in [-0.25, -0.2) is 0 Å². The van der Waals surface area contributed by atoms with Gasteiger partial charge in [0.25, 0.3) is 5.91 Å². The van der Waals surface area contributed by atoms with E-state index in [0.29, 0.717) is 24.2 Å². The van der Waals surface area contributed by atoms with Gasteiger partial charge < -0.3 is 15.7 Å². The molecule has 0 saturated carbocycles. The van der Waals surface area contributed by atoms with E-state index < -0.39 is 0 Å². The van der Waals surface area contributed by atoms with E-state index in [4.69, 9.17) is 5.11 Å². The lowest BCUT2D eigenvalue weighted by atomic mass is 10.0. The van der Waals surface area contributed by atoms with Crippen LogP contribution in [0.15, 0.2) is 24.3 Å². The molecule has 0 aliphatic carbocycles. The minimum atomic E-state index is -0.179. The Bertz CT molecular complexity index is 453. The molecular formula is C16H24N2O3. The zero-order valence-corrected chi connectivity index (χ0v) is 12.7. The summed E-state index contributed by atoms with van der Waals surface area (Å²) in [6, 6.07) is 6.80. The van der Waals surface area contributed by atoms with Crippen molar-refractivity contribution in [3.05, 3.63) is 29.8 Å². The van der Waals surface area contributed by atoms with E-state index in [1.165, 1.54) is 0 Å².